The van der Waals surface area contributed by atoms with E-state index in [4.69, 9.17) is 16.7 Å². The van der Waals surface area contributed by atoms with Crippen molar-refractivity contribution < 1.29 is 27.1 Å². The fourth-order valence-electron chi connectivity index (χ4n) is 0.466. The molecule has 0 aromatic rings. The van der Waals surface area contributed by atoms with E-state index in [0.717, 1.165) is 0 Å². The molecule has 1 unspecified atom stereocenters. The van der Waals surface area contributed by atoms with Gasteiger partial charge in [-0.15, -0.1) is 11.6 Å². The van der Waals surface area contributed by atoms with Crippen LogP contribution in [0.1, 0.15) is 6.42 Å². The van der Waals surface area contributed by atoms with E-state index in [-0.39, 0.29) is 0 Å². The molecule has 1 atom stereocenters. The average Bonchev–Trinajstić information content (AvgIpc) is 1.84. The number of halogens is 6. The Hall–Kier alpha value is -0.100. The van der Waals surface area contributed by atoms with Crippen LogP contribution in [0.15, 0.2) is 0 Å². The summed E-state index contributed by atoms with van der Waals surface area (Å²) in [4.78, 5) is 0. The van der Waals surface area contributed by atoms with Gasteiger partial charge in [0.05, 0.1) is 6.10 Å². The summed E-state index contributed by atoms with van der Waals surface area (Å²) in [7, 11) is 0. The highest BCUT2D eigenvalue weighted by Crippen LogP contribution is 2.38. The molecule has 0 saturated carbocycles. The Morgan fingerprint density at radius 1 is 1.17 bits per heavy atom. The molecular weight excluding hydrogens is 206 g/mol. The third kappa shape index (κ3) is 3.10. The number of alkyl halides is 6. The summed E-state index contributed by atoms with van der Waals surface area (Å²) in [6.07, 6.45) is -9.16. The van der Waals surface area contributed by atoms with Gasteiger partial charge in [-0.1, -0.05) is 0 Å². The normalized spacial score (nSPS) is 16.2. The average molecular weight is 213 g/mol. The minimum atomic E-state index is -5.62. The zero-order valence-corrected chi connectivity index (χ0v) is 6.46. The molecule has 0 aliphatic rings. The molecule has 0 rings (SSSR count). The van der Waals surface area contributed by atoms with E-state index >= 15 is 0 Å². The van der Waals surface area contributed by atoms with E-state index in [2.05, 4.69) is 0 Å². The molecule has 12 heavy (non-hydrogen) atoms. The third-order valence-electron chi connectivity index (χ3n) is 1.08. The molecule has 0 aromatic heterocycles. The molecule has 74 valence electrons. The summed E-state index contributed by atoms with van der Waals surface area (Å²) in [6.45, 7) is 0. The summed E-state index contributed by atoms with van der Waals surface area (Å²) in [6, 6.07) is 0. The summed E-state index contributed by atoms with van der Waals surface area (Å²) in [5.74, 6) is -5.52. The summed E-state index contributed by atoms with van der Waals surface area (Å²) >= 11 is 4.86. The van der Waals surface area contributed by atoms with Gasteiger partial charge in [0.2, 0.25) is 0 Å². The lowest BCUT2D eigenvalue weighted by Gasteiger charge is -2.21. The maximum Gasteiger partial charge on any atom is 0.453 e. The molecular formula is C5H6ClF5O. The Morgan fingerprint density at radius 3 is 1.83 bits per heavy atom. The highest BCUT2D eigenvalue weighted by molar-refractivity contribution is 6.18. The van der Waals surface area contributed by atoms with E-state index in [1.807, 2.05) is 0 Å². The van der Waals surface area contributed by atoms with Gasteiger partial charge in [0.1, 0.15) is 0 Å². The van der Waals surface area contributed by atoms with Crippen LogP contribution in [-0.2, 0) is 0 Å². The lowest BCUT2D eigenvalue weighted by molar-refractivity contribution is -0.289. The van der Waals surface area contributed by atoms with Crippen LogP contribution in [0.25, 0.3) is 0 Å². The first kappa shape index (κ1) is 11.9. The van der Waals surface area contributed by atoms with Crippen LogP contribution in [0.4, 0.5) is 22.0 Å². The minimum absolute atomic E-state index is 0.647. The largest absolute Gasteiger partial charge is 0.453 e. The highest BCUT2D eigenvalue weighted by atomic mass is 35.5. The quantitative estimate of drug-likeness (QED) is 0.562. The number of hydrogen-bond donors (Lipinski definition) is 1. The van der Waals surface area contributed by atoms with Crippen molar-refractivity contribution in [2.45, 2.75) is 24.6 Å². The van der Waals surface area contributed by atoms with Crippen molar-refractivity contribution in [3.8, 4) is 0 Å². The number of rotatable bonds is 3. The topological polar surface area (TPSA) is 20.2 Å². The van der Waals surface area contributed by atoms with E-state index in [9.17, 15) is 22.0 Å². The molecule has 0 fully saturated rings. The minimum Gasteiger partial charge on any atom is -0.392 e. The standard InChI is InChI=1S/C5H6ClF5O/c6-2-3(12)1-4(7,8)5(9,10)11/h3,12H,1-2H2. The molecule has 0 aromatic carbocycles. The van der Waals surface area contributed by atoms with Gasteiger partial charge in [-0.3, -0.25) is 0 Å². The molecule has 0 heterocycles. The fraction of sp³-hybridized carbons (Fsp3) is 1.00. The van der Waals surface area contributed by atoms with E-state index in [1.165, 1.54) is 0 Å². The Bertz CT molecular complexity index is 145. The van der Waals surface area contributed by atoms with Gasteiger partial charge in [0, 0.05) is 12.3 Å². The second-order valence-electron chi connectivity index (χ2n) is 2.21. The first-order chi connectivity index (χ1) is 5.20. The Balaban J connectivity index is 4.22. The van der Waals surface area contributed by atoms with Crippen molar-refractivity contribution in [2.75, 3.05) is 5.88 Å². The predicted molar refractivity (Wildman–Crippen MR) is 32.3 cm³/mol. The molecule has 0 saturated heterocycles. The van der Waals surface area contributed by atoms with Gasteiger partial charge in [-0.05, 0) is 0 Å². The van der Waals surface area contributed by atoms with E-state index in [0.29, 0.717) is 0 Å². The highest BCUT2D eigenvalue weighted by Gasteiger charge is 2.57. The zero-order valence-electron chi connectivity index (χ0n) is 5.71. The second-order valence-corrected chi connectivity index (χ2v) is 2.52. The number of aliphatic hydroxyl groups excluding tert-OH is 1. The van der Waals surface area contributed by atoms with Crippen LogP contribution in [0.3, 0.4) is 0 Å². The second kappa shape index (κ2) is 3.74. The maximum atomic E-state index is 12.0. The first-order valence-electron chi connectivity index (χ1n) is 2.89. The summed E-state index contributed by atoms with van der Waals surface area (Å²) in [5, 5.41) is 8.44. The first-order valence-corrected chi connectivity index (χ1v) is 3.42. The molecule has 1 N–H and O–H groups in total. The third-order valence-corrected chi connectivity index (χ3v) is 1.44. The molecule has 1 nitrogen and oxygen atoms in total. The van der Waals surface area contributed by atoms with Crippen molar-refractivity contribution in [1.82, 2.24) is 0 Å². The van der Waals surface area contributed by atoms with Gasteiger partial charge in [-0.25, -0.2) is 0 Å². The number of hydrogen-bond acceptors (Lipinski definition) is 1. The molecule has 7 heteroatoms. The van der Waals surface area contributed by atoms with E-state index < -0.39 is 30.5 Å². The maximum absolute atomic E-state index is 12.0. The molecule has 0 amide bonds. The Labute approximate surface area is 70.1 Å². The zero-order chi connectivity index (χ0) is 9.99. The number of aliphatic hydroxyl groups is 1. The fourth-order valence-corrected chi connectivity index (χ4v) is 0.575. The van der Waals surface area contributed by atoms with Crippen molar-refractivity contribution in [1.29, 1.82) is 0 Å². The molecule has 0 spiro atoms. The van der Waals surface area contributed by atoms with Crippen LogP contribution in [0, 0.1) is 0 Å². The van der Waals surface area contributed by atoms with Gasteiger partial charge >= 0.3 is 12.1 Å². The van der Waals surface area contributed by atoms with Crippen LogP contribution in [0.2, 0.25) is 0 Å². The Morgan fingerprint density at radius 2 is 1.58 bits per heavy atom. The van der Waals surface area contributed by atoms with Gasteiger partial charge in [-0.2, -0.15) is 22.0 Å². The van der Waals surface area contributed by atoms with Crippen LogP contribution < -0.4 is 0 Å². The van der Waals surface area contributed by atoms with Crippen molar-refractivity contribution >= 4 is 11.6 Å². The molecule has 0 radical (unpaired) electrons. The van der Waals surface area contributed by atoms with Gasteiger partial charge < -0.3 is 5.11 Å². The SMILES string of the molecule is OC(CCl)CC(F)(F)C(F)(F)F. The van der Waals surface area contributed by atoms with Crippen molar-refractivity contribution in [3.63, 3.8) is 0 Å². The van der Waals surface area contributed by atoms with Crippen molar-refractivity contribution in [2.24, 2.45) is 0 Å². The smallest absolute Gasteiger partial charge is 0.392 e. The summed E-state index contributed by atoms with van der Waals surface area (Å²) < 4.78 is 58.3. The van der Waals surface area contributed by atoms with Gasteiger partial charge in [0.25, 0.3) is 0 Å². The molecule has 0 bridgehead atoms. The lowest BCUT2D eigenvalue weighted by atomic mass is 10.1. The van der Waals surface area contributed by atoms with Crippen molar-refractivity contribution in [3.05, 3.63) is 0 Å². The van der Waals surface area contributed by atoms with Crippen LogP contribution >= 0.6 is 11.6 Å². The van der Waals surface area contributed by atoms with Gasteiger partial charge in [0.15, 0.2) is 0 Å². The summed E-state index contributed by atoms with van der Waals surface area (Å²) in [5.41, 5.74) is 0. The lowest BCUT2D eigenvalue weighted by Crippen LogP contribution is -2.39. The van der Waals surface area contributed by atoms with Crippen LogP contribution in [-0.4, -0.2) is 29.2 Å². The molecule has 0 aliphatic carbocycles. The molecule has 0 aliphatic heterocycles. The van der Waals surface area contributed by atoms with E-state index in [1.54, 1.807) is 0 Å². The predicted octanol–water partition coefficient (Wildman–Crippen LogP) is 2.17. The Kier molecular flexibility index (Phi) is 3.71. The van der Waals surface area contributed by atoms with Crippen LogP contribution in [0.5, 0.6) is 0 Å². The monoisotopic (exact) mass is 212 g/mol.